The molecule has 1 aliphatic heterocycles. The molecule has 0 fully saturated rings. The SMILES string of the molecule is CN(C)C(=O)COCc1cncc(C2COc3c(cccc3C(N)=O)O2)c1. The highest BCUT2D eigenvalue weighted by Gasteiger charge is 2.26. The predicted molar refractivity (Wildman–Crippen MR) is 96.4 cm³/mol. The van der Waals surface area contributed by atoms with Gasteiger partial charge in [0.15, 0.2) is 17.6 Å². The van der Waals surface area contributed by atoms with Crippen LogP contribution in [0.15, 0.2) is 36.7 Å². The molecule has 1 unspecified atom stereocenters. The molecule has 1 atom stereocenters. The molecule has 1 aromatic carbocycles. The van der Waals surface area contributed by atoms with Gasteiger partial charge in [0.1, 0.15) is 13.2 Å². The molecule has 0 saturated carbocycles. The number of fused-ring (bicyclic) bond motifs is 1. The van der Waals surface area contributed by atoms with E-state index in [-0.39, 0.29) is 37.4 Å². The average Bonchev–Trinajstić information content (AvgIpc) is 2.67. The second-order valence-electron chi connectivity index (χ2n) is 6.32. The van der Waals surface area contributed by atoms with Crippen LogP contribution >= 0.6 is 0 Å². The number of benzene rings is 1. The summed E-state index contributed by atoms with van der Waals surface area (Å²) in [4.78, 5) is 28.7. The van der Waals surface area contributed by atoms with E-state index in [9.17, 15) is 9.59 Å². The summed E-state index contributed by atoms with van der Waals surface area (Å²) in [6, 6.07) is 6.90. The summed E-state index contributed by atoms with van der Waals surface area (Å²) in [5.41, 5.74) is 7.28. The van der Waals surface area contributed by atoms with E-state index in [1.54, 1.807) is 44.7 Å². The number of hydrogen-bond donors (Lipinski definition) is 1. The van der Waals surface area contributed by atoms with E-state index in [1.807, 2.05) is 6.07 Å². The lowest BCUT2D eigenvalue weighted by molar-refractivity contribution is -0.133. The summed E-state index contributed by atoms with van der Waals surface area (Å²) in [5.74, 6) is 0.142. The Hall–Kier alpha value is -3.13. The van der Waals surface area contributed by atoms with Crippen molar-refractivity contribution in [2.24, 2.45) is 5.73 Å². The molecule has 0 aliphatic carbocycles. The maximum atomic E-state index is 11.6. The van der Waals surface area contributed by atoms with Crippen LogP contribution in [0.1, 0.15) is 27.6 Å². The average molecular weight is 371 g/mol. The number of pyridine rings is 1. The minimum absolute atomic E-state index is 0.00351. The number of rotatable bonds is 6. The van der Waals surface area contributed by atoms with E-state index in [4.69, 9.17) is 19.9 Å². The Morgan fingerprint density at radius 2 is 2.15 bits per heavy atom. The van der Waals surface area contributed by atoms with Gasteiger partial charge < -0.3 is 24.8 Å². The zero-order valence-electron chi connectivity index (χ0n) is 15.2. The fourth-order valence-electron chi connectivity index (χ4n) is 2.61. The van der Waals surface area contributed by atoms with E-state index in [0.717, 1.165) is 11.1 Å². The van der Waals surface area contributed by atoms with Gasteiger partial charge >= 0.3 is 0 Å². The number of aromatic nitrogens is 1. The third-order valence-electron chi connectivity index (χ3n) is 4.07. The second kappa shape index (κ2) is 8.05. The number of likely N-dealkylation sites (N-methyl/N-ethyl adjacent to an activating group) is 1. The van der Waals surface area contributed by atoms with Gasteiger partial charge in [-0.05, 0) is 23.8 Å². The molecule has 0 saturated heterocycles. The molecule has 2 heterocycles. The Bertz CT molecular complexity index is 853. The number of carbonyl (C=O) groups excluding carboxylic acids is 2. The van der Waals surface area contributed by atoms with Crippen molar-refractivity contribution < 1.29 is 23.8 Å². The summed E-state index contributed by atoms with van der Waals surface area (Å²) in [5, 5.41) is 0. The molecule has 0 spiro atoms. The fourth-order valence-corrected chi connectivity index (χ4v) is 2.61. The second-order valence-corrected chi connectivity index (χ2v) is 6.32. The van der Waals surface area contributed by atoms with Gasteiger partial charge in [0.25, 0.3) is 5.91 Å². The highest BCUT2D eigenvalue weighted by Crippen LogP contribution is 2.38. The van der Waals surface area contributed by atoms with E-state index in [1.165, 1.54) is 4.90 Å². The summed E-state index contributed by atoms with van der Waals surface area (Å²) < 4.78 is 17.1. The number of nitrogens with zero attached hydrogens (tertiary/aromatic N) is 2. The summed E-state index contributed by atoms with van der Waals surface area (Å²) in [6.45, 7) is 0.488. The van der Waals surface area contributed by atoms with Crippen LogP contribution in [0.3, 0.4) is 0 Å². The molecule has 0 bridgehead atoms. The lowest BCUT2D eigenvalue weighted by atomic mass is 10.1. The van der Waals surface area contributed by atoms with E-state index < -0.39 is 5.91 Å². The van der Waals surface area contributed by atoms with Crippen LogP contribution in [0, 0.1) is 0 Å². The molecular formula is C19H21N3O5. The van der Waals surface area contributed by atoms with Crippen LogP contribution in [0.25, 0.3) is 0 Å². The van der Waals surface area contributed by atoms with Crippen LogP contribution < -0.4 is 15.2 Å². The number of nitrogens with two attached hydrogens (primary N) is 1. The van der Waals surface area contributed by atoms with E-state index in [0.29, 0.717) is 11.5 Å². The lowest BCUT2D eigenvalue weighted by Gasteiger charge is -2.27. The van der Waals surface area contributed by atoms with Crippen LogP contribution in [-0.2, 0) is 16.1 Å². The molecule has 1 aliphatic rings. The van der Waals surface area contributed by atoms with Gasteiger partial charge in [0.2, 0.25) is 5.91 Å². The Morgan fingerprint density at radius 3 is 2.89 bits per heavy atom. The van der Waals surface area contributed by atoms with Crippen LogP contribution in [0.4, 0.5) is 0 Å². The normalized spacial score (nSPS) is 15.3. The fraction of sp³-hybridized carbons (Fsp3) is 0.316. The minimum Gasteiger partial charge on any atom is -0.485 e. The number of ether oxygens (including phenoxy) is 3. The standard InChI is InChI=1S/C19H21N3O5/c1-22(2)17(23)11-25-9-12-6-13(8-21-7-12)16-10-26-18-14(19(20)24)4-3-5-15(18)27-16/h3-8,16H,9-11H2,1-2H3,(H2,20,24). The first kappa shape index (κ1) is 18.7. The highest BCUT2D eigenvalue weighted by atomic mass is 16.6. The maximum absolute atomic E-state index is 11.6. The zero-order valence-corrected chi connectivity index (χ0v) is 15.2. The molecule has 142 valence electrons. The molecule has 2 amide bonds. The number of carbonyl (C=O) groups is 2. The largest absolute Gasteiger partial charge is 0.485 e. The molecule has 27 heavy (non-hydrogen) atoms. The third kappa shape index (κ3) is 4.35. The van der Waals surface area contributed by atoms with Crippen molar-refractivity contribution in [3.63, 3.8) is 0 Å². The first-order valence-corrected chi connectivity index (χ1v) is 8.39. The Balaban J connectivity index is 1.68. The van der Waals surface area contributed by atoms with Crippen molar-refractivity contribution in [3.05, 3.63) is 53.3 Å². The van der Waals surface area contributed by atoms with Gasteiger partial charge in [-0.3, -0.25) is 14.6 Å². The smallest absolute Gasteiger partial charge is 0.252 e. The molecule has 1 aromatic heterocycles. The number of primary amides is 1. The van der Waals surface area contributed by atoms with Crippen molar-refractivity contribution >= 4 is 11.8 Å². The molecule has 8 heteroatoms. The van der Waals surface area contributed by atoms with Crippen LogP contribution in [0.5, 0.6) is 11.5 Å². The number of amides is 2. The summed E-state index contributed by atoms with van der Waals surface area (Å²) >= 11 is 0. The van der Waals surface area contributed by atoms with Gasteiger partial charge in [-0.2, -0.15) is 0 Å². The van der Waals surface area contributed by atoms with Crippen molar-refractivity contribution in [1.82, 2.24) is 9.88 Å². The van der Waals surface area contributed by atoms with E-state index >= 15 is 0 Å². The molecular weight excluding hydrogens is 350 g/mol. The zero-order chi connectivity index (χ0) is 19.4. The molecule has 2 N–H and O–H groups in total. The third-order valence-corrected chi connectivity index (χ3v) is 4.07. The Labute approximate surface area is 156 Å². The predicted octanol–water partition coefficient (Wildman–Crippen LogP) is 1.30. The first-order valence-electron chi connectivity index (χ1n) is 8.39. The van der Waals surface area contributed by atoms with E-state index in [2.05, 4.69) is 4.98 Å². The summed E-state index contributed by atoms with van der Waals surface area (Å²) in [7, 11) is 3.35. The van der Waals surface area contributed by atoms with Crippen LogP contribution in [0.2, 0.25) is 0 Å². The first-order chi connectivity index (χ1) is 13.0. The molecule has 2 aromatic rings. The van der Waals surface area contributed by atoms with Crippen molar-refractivity contribution in [2.75, 3.05) is 27.3 Å². The van der Waals surface area contributed by atoms with Gasteiger partial charge in [-0.25, -0.2) is 0 Å². The Kier molecular flexibility index (Phi) is 5.56. The van der Waals surface area contributed by atoms with Gasteiger partial charge in [-0.1, -0.05) is 6.07 Å². The summed E-state index contributed by atoms with van der Waals surface area (Å²) in [6.07, 6.45) is 2.98. The lowest BCUT2D eigenvalue weighted by Crippen LogP contribution is -2.26. The Morgan fingerprint density at radius 1 is 1.33 bits per heavy atom. The van der Waals surface area contributed by atoms with Gasteiger partial charge in [0.05, 0.1) is 12.2 Å². The number of hydrogen-bond acceptors (Lipinski definition) is 6. The minimum atomic E-state index is -0.568. The monoisotopic (exact) mass is 371 g/mol. The van der Waals surface area contributed by atoms with Crippen molar-refractivity contribution in [3.8, 4) is 11.5 Å². The van der Waals surface area contributed by atoms with Gasteiger partial charge in [-0.15, -0.1) is 0 Å². The van der Waals surface area contributed by atoms with Crippen molar-refractivity contribution in [1.29, 1.82) is 0 Å². The maximum Gasteiger partial charge on any atom is 0.252 e. The van der Waals surface area contributed by atoms with Gasteiger partial charge in [0, 0.05) is 32.1 Å². The van der Waals surface area contributed by atoms with Crippen molar-refractivity contribution in [2.45, 2.75) is 12.7 Å². The molecule has 8 nitrogen and oxygen atoms in total. The quantitative estimate of drug-likeness (QED) is 0.821. The highest BCUT2D eigenvalue weighted by molar-refractivity contribution is 5.96. The topological polar surface area (TPSA) is 104 Å². The molecule has 0 radical (unpaired) electrons. The molecule has 3 rings (SSSR count). The number of para-hydroxylation sites is 1. The van der Waals surface area contributed by atoms with Crippen LogP contribution in [-0.4, -0.2) is 49.0 Å².